The van der Waals surface area contributed by atoms with Gasteiger partial charge in [-0.3, -0.25) is 9.48 Å². The van der Waals surface area contributed by atoms with Crippen LogP contribution >= 0.6 is 0 Å². The monoisotopic (exact) mass is 384 g/mol. The first-order valence-electron chi connectivity index (χ1n) is 9.32. The Kier molecular flexibility index (Phi) is 5.99. The van der Waals surface area contributed by atoms with Crippen LogP contribution in [0.25, 0.3) is 0 Å². The molecule has 0 aromatic carbocycles. The number of carbonyl (C=O) groups excluding carboxylic acids is 1. The largest absolute Gasteiger partial charge is 0.376 e. The number of nitrogens with one attached hydrogen (secondary N) is 1. The third-order valence-corrected chi connectivity index (χ3v) is 7.22. The van der Waals surface area contributed by atoms with E-state index >= 15 is 0 Å². The molecule has 3 rings (SSSR count). The fraction of sp³-hybridized carbons (Fsp3) is 0.765. The number of hydrogen-bond donors (Lipinski definition) is 1. The van der Waals surface area contributed by atoms with Crippen molar-refractivity contribution in [2.75, 3.05) is 26.2 Å². The summed E-state index contributed by atoms with van der Waals surface area (Å²) in [5, 5.41) is 7.16. The highest BCUT2D eigenvalue weighted by molar-refractivity contribution is 7.89. The van der Waals surface area contributed by atoms with E-state index in [0.717, 1.165) is 38.7 Å². The van der Waals surface area contributed by atoms with Gasteiger partial charge in [-0.1, -0.05) is 6.42 Å². The number of nitrogens with zero attached hydrogens (tertiary/aromatic N) is 3. The molecule has 1 aromatic rings. The van der Waals surface area contributed by atoms with Crippen molar-refractivity contribution in [3.63, 3.8) is 0 Å². The van der Waals surface area contributed by atoms with Gasteiger partial charge in [-0.25, -0.2) is 8.42 Å². The van der Waals surface area contributed by atoms with E-state index in [1.165, 1.54) is 8.99 Å². The van der Waals surface area contributed by atoms with Crippen molar-refractivity contribution in [1.82, 2.24) is 19.4 Å². The lowest BCUT2D eigenvalue weighted by Crippen LogP contribution is -2.36. The van der Waals surface area contributed by atoms with Crippen molar-refractivity contribution >= 4 is 15.9 Å². The molecule has 0 bridgehead atoms. The highest BCUT2D eigenvalue weighted by Crippen LogP contribution is 2.26. The minimum Gasteiger partial charge on any atom is -0.376 e. The topological polar surface area (TPSA) is 93.5 Å². The SMILES string of the molecule is Cc1nn(CC(=O)NC[C@H]2CCCO2)c(C)c1S(=O)(=O)N1CCCCC1. The van der Waals surface area contributed by atoms with E-state index in [-0.39, 0.29) is 23.5 Å². The number of rotatable bonds is 6. The van der Waals surface area contributed by atoms with Crippen LogP contribution < -0.4 is 5.32 Å². The Morgan fingerprint density at radius 1 is 1.23 bits per heavy atom. The van der Waals surface area contributed by atoms with E-state index < -0.39 is 10.0 Å². The number of piperidine rings is 1. The summed E-state index contributed by atoms with van der Waals surface area (Å²) in [7, 11) is -3.57. The van der Waals surface area contributed by atoms with Gasteiger partial charge >= 0.3 is 0 Å². The Morgan fingerprint density at radius 2 is 1.96 bits per heavy atom. The molecule has 2 aliphatic rings. The van der Waals surface area contributed by atoms with Gasteiger partial charge in [-0.05, 0) is 39.5 Å². The normalized spacial score (nSPS) is 21.8. The number of hydrogen-bond acceptors (Lipinski definition) is 5. The minimum atomic E-state index is -3.57. The fourth-order valence-corrected chi connectivity index (χ4v) is 5.56. The molecule has 9 heteroatoms. The van der Waals surface area contributed by atoms with Crippen LogP contribution in [0, 0.1) is 13.8 Å². The van der Waals surface area contributed by atoms with Crippen molar-refractivity contribution in [2.24, 2.45) is 0 Å². The molecule has 3 heterocycles. The molecule has 2 fully saturated rings. The van der Waals surface area contributed by atoms with Crippen molar-refractivity contribution in [2.45, 2.75) is 63.5 Å². The van der Waals surface area contributed by atoms with Crippen LogP contribution in [-0.2, 0) is 26.1 Å². The van der Waals surface area contributed by atoms with Gasteiger partial charge in [0, 0.05) is 26.2 Å². The molecule has 0 radical (unpaired) electrons. The molecule has 8 nitrogen and oxygen atoms in total. The first-order chi connectivity index (χ1) is 12.4. The summed E-state index contributed by atoms with van der Waals surface area (Å²) in [6, 6.07) is 0. The molecule has 1 aromatic heterocycles. The highest BCUT2D eigenvalue weighted by Gasteiger charge is 2.32. The van der Waals surface area contributed by atoms with Gasteiger partial charge in [0.1, 0.15) is 11.4 Å². The first-order valence-corrected chi connectivity index (χ1v) is 10.8. The maximum Gasteiger partial charge on any atom is 0.246 e. The van der Waals surface area contributed by atoms with E-state index in [1.807, 2.05) is 0 Å². The van der Waals surface area contributed by atoms with E-state index in [0.29, 0.717) is 31.0 Å². The van der Waals surface area contributed by atoms with Gasteiger partial charge in [0.25, 0.3) is 0 Å². The van der Waals surface area contributed by atoms with Gasteiger partial charge < -0.3 is 10.1 Å². The van der Waals surface area contributed by atoms with Crippen LogP contribution in [0.3, 0.4) is 0 Å². The second-order valence-electron chi connectivity index (χ2n) is 7.06. The van der Waals surface area contributed by atoms with Gasteiger partial charge in [0.2, 0.25) is 15.9 Å². The Hall–Kier alpha value is -1.45. The number of ether oxygens (including phenoxy) is 1. The molecule has 1 N–H and O–H groups in total. The summed E-state index contributed by atoms with van der Waals surface area (Å²) in [5.74, 6) is -0.187. The molecular formula is C17H28N4O4S. The first kappa shape index (κ1) is 19.3. The zero-order valence-corrected chi connectivity index (χ0v) is 16.3. The van der Waals surface area contributed by atoms with Gasteiger partial charge in [-0.2, -0.15) is 9.40 Å². The van der Waals surface area contributed by atoms with Crippen molar-refractivity contribution in [3.8, 4) is 0 Å². The zero-order valence-electron chi connectivity index (χ0n) is 15.5. The lowest BCUT2D eigenvalue weighted by atomic mass is 10.2. The van der Waals surface area contributed by atoms with Crippen LogP contribution in [0.5, 0.6) is 0 Å². The minimum absolute atomic E-state index is 0.00884. The quantitative estimate of drug-likeness (QED) is 0.789. The highest BCUT2D eigenvalue weighted by atomic mass is 32.2. The number of amides is 1. The van der Waals surface area contributed by atoms with Crippen LogP contribution in [0.2, 0.25) is 0 Å². The molecule has 0 aliphatic carbocycles. The molecular weight excluding hydrogens is 356 g/mol. The molecule has 0 unspecified atom stereocenters. The van der Waals surface area contributed by atoms with Crippen LogP contribution in [0.1, 0.15) is 43.5 Å². The number of aromatic nitrogens is 2. The van der Waals surface area contributed by atoms with E-state index in [9.17, 15) is 13.2 Å². The van der Waals surface area contributed by atoms with E-state index in [1.54, 1.807) is 13.8 Å². The summed E-state index contributed by atoms with van der Waals surface area (Å²) in [5.41, 5.74) is 0.959. The lowest BCUT2D eigenvalue weighted by Gasteiger charge is -2.25. The lowest BCUT2D eigenvalue weighted by molar-refractivity contribution is -0.122. The summed E-state index contributed by atoms with van der Waals surface area (Å²) >= 11 is 0. The number of sulfonamides is 1. The third-order valence-electron chi connectivity index (χ3n) is 5.07. The van der Waals surface area contributed by atoms with Gasteiger partial charge in [-0.15, -0.1) is 0 Å². The summed E-state index contributed by atoms with van der Waals surface area (Å²) in [6.45, 7) is 5.74. The van der Waals surface area contributed by atoms with Crippen LogP contribution in [0.4, 0.5) is 0 Å². The standard InChI is InChI=1S/C17H28N4O4S/c1-13-17(26(23,24)20-8-4-3-5-9-20)14(2)21(19-13)12-16(22)18-11-15-7-6-10-25-15/h15H,3-12H2,1-2H3,(H,18,22)/t15-/m1/s1. The van der Waals surface area contributed by atoms with Gasteiger partial charge in [0.15, 0.2) is 0 Å². The van der Waals surface area contributed by atoms with E-state index in [4.69, 9.17) is 4.74 Å². The Balaban J connectivity index is 1.69. The predicted octanol–water partition coefficient (Wildman–Crippen LogP) is 0.970. The average Bonchev–Trinajstić information content (AvgIpc) is 3.22. The maximum absolute atomic E-state index is 13.0. The maximum atomic E-state index is 13.0. The van der Waals surface area contributed by atoms with E-state index in [2.05, 4.69) is 10.4 Å². The molecule has 1 atom stereocenters. The molecule has 146 valence electrons. The molecule has 2 aliphatic heterocycles. The van der Waals surface area contributed by atoms with Gasteiger partial charge in [0.05, 0.1) is 17.5 Å². The third kappa shape index (κ3) is 4.10. The van der Waals surface area contributed by atoms with Crippen molar-refractivity contribution in [3.05, 3.63) is 11.4 Å². The Labute approximate surface area is 154 Å². The summed E-state index contributed by atoms with van der Waals surface area (Å²) in [4.78, 5) is 12.4. The fourth-order valence-electron chi connectivity index (χ4n) is 3.67. The molecule has 0 spiro atoms. The second-order valence-corrected chi connectivity index (χ2v) is 8.94. The summed E-state index contributed by atoms with van der Waals surface area (Å²) in [6.07, 6.45) is 4.89. The Morgan fingerprint density at radius 3 is 2.62 bits per heavy atom. The molecule has 26 heavy (non-hydrogen) atoms. The van der Waals surface area contributed by atoms with Crippen LogP contribution in [0.15, 0.2) is 4.90 Å². The number of aryl methyl sites for hydroxylation is 1. The number of carbonyl (C=O) groups is 1. The molecule has 1 amide bonds. The zero-order chi connectivity index (χ0) is 18.7. The molecule has 2 saturated heterocycles. The molecule has 0 saturated carbocycles. The second kappa shape index (κ2) is 8.06. The summed E-state index contributed by atoms with van der Waals surface area (Å²) < 4.78 is 34.5. The smallest absolute Gasteiger partial charge is 0.246 e. The van der Waals surface area contributed by atoms with Crippen molar-refractivity contribution < 1.29 is 17.9 Å². The van der Waals surface area contributed by atoms with Crippen molar-refractivity contribution in [1.29, 1.82) is 0 Å². The van der Waals surface area contributed by atoms with Crippen LogP contribution in [-0.4, -0.2) is 60.8 Å². The Bertz CT molecular complexity index is 747. The average molecular weight is 385 g/mol. The predicted molar refractivity (Wildman–Crippen MR) is 96.3 cm³/mol.